The average Bonchev–Trinajstić information content (AvgIpc) is 1.81. The lowest BCUT2D eigenvalue weighted by Crippen LogP contribution is -1.94. The Morgan fingerprint density at radius 2 is 2.00 bits per heavy atom. The van der Waals surface area contributed by atoms with E-state index in [1.165, 1.54) is 12.8 Å². The molecule has 3 N–H and O–H groups in total. The summed E-state index contributed by atoms with van der Waals surface area (Å²) in [6.45, 7) is 2.70. The van der Waals surface area contributed by atoms with Crippen molar-refractivity contribution in [1.82, 2.24) is 0 Å². The molecule has 0 saturated heterocycles. The van der Waals surface area contributed by atoms with E-state index in [0.717, 1.165) is 6.42 Å². The van der Waals surface area contributed by atoms with Crippen LogP contribution in [0.5, 0.6) is 0 Å². The summed E-state index contributed by atoms with van der Waals surface area (Å²) in [5, 5.41) is 8.14. The molecule has 58 valence electrons. The van der Waals surface area contributed by atoms with Gasteiger partial charge in [-0.2, -0.15) is 0 Å². The third kappa shape index (κ3) is 11.4. The van der Waals surface area contributed by atoms with Gasteiger partial charge in [-0.05, 0) is 6.42 Å². The van der Waals surface area contributed by atoms with E-state index in [4.69, 9.17) is 9.84 Å². The highest BCUT2D eigenvalue weighted by atomic mass is 16.6. The summed E-state index contributed by atoms with van der Waals surface area (Å²) in [5.41, 5.74) is 0. The Balaban J connectivity index is 0. The van der Waals surface area contributed by atoms with E-state index in [-0.39, 0.29) is 12.3 Å². The molecule has 0 heterocycles. The van der Waals surface area contributed by atoms with Gasteiger partial charge in [0.25, 0.3) is 0 Å². The van der Waals surface area contributed by atoms with Gasteiger partial charge in [0.05, 0.1) is 0 Å². The van der Waals surface area contributed by atoms with E-state index >= 15 is 0 Å². The highest BCUT2D eigenvalue weighted by molar-refractivity contribution is 4.33. The van der Waals surface area contributed by atoms with Crippen molar-refractivity contribution in [2.45, 2.75) is 26.2 Å². The maximum atomic E-state index is 8.14. The molecule has 0 unspecified atom stereocenters. The number of rotatable bonds is 5. The van der Waals surface area contributed by atoms with Crippen molar-refractivity contribution in [3.8, 4) is 0 Å². The summed E-state index contributed by atoms with van der Waals surface area (Å²) in [5.74, 6) is 0. The largest absolute Gasteiger partial charge is 0.412 e. The van der Waals surface area contributed by atoms with Crippen LogP contribution in [-0.4, -0.2) is 24.0 Å². The minimum Gasteiger partial charge on any atom is -0.412 e. The highest BCUT2D eigenvalue weighted by Gasteiger charge is 1.83. The van der Waals surface area contributed by atoms with E-state index in [0.29, 0.717) is 6.61 Å². The van der Waals surface area contributed by atoms with E-state index in [9.17, 15) is 0 Å². The van der Waals surface area contributed by atoms with Crippen LogP contribution in [0.15, 0.2) is 0 Å². The van der Waals surface area contributed by atoms with Crippen LogP contribution in [0.4, 0.5) is 0 Å². The second kappa shape index (κ2) is 10.8. The molecule has 0 spiro atoms. The fourth-order valence-electron chi connectivity index (χ4n) is 0.519. The Morgan fingerprint density at radius 3 is 2.44 bits per heavy atom. The first kappa shape index (κ1) is 11.6. The standard InChI is InChI=1S/C6H14O2.H2O/c1-2-3-4-5-8-6-7;/h7H,2-6H2,1H3;1H2. The van der Waals surface area contributed by atoms with Gasteiger partial charge in [-0.1, -0.05) is 19.8 Å². The zero-order valence-electron chi connectivity index (χ0n) is 5.89. The van der Waals surface area contributed by atoms with Gasteiger partial charge in [0.2, 0.25) is 0 Å². The number of aliphatic hydroxyl groups excluding tert-OH is 1. The second-order valence-electron chi connectivity index (χ2n) is 1.74. The molecule has 0 aromatic heterocycles. The molecule has 0 aliphatic rings. The minimum absolute atomic E-state index is 0. The van der Waals surface area contributed by atoms with Gasteiger partial charge < -0.3 is 15.3 Å². The van der Waals surface area contributed by atoms with Crippen LogP contribution in [0.1, 0.15) is 26.2 Å². The predicted molar refractivity (Wildman–Crippen MR) is 36.2 cm³/mol. The molecule has 0 aliphatic heterocycles. The third-order valence-corrected chi connectivity index (χ3v) is 0.984. The van der Waals surface area contributed by atoms with Crippen LogP contribution in [0.25, 0.3) is 0 Å². The van der Waals surface area contributed by atoms with Gasteiger partial charge in [-0.15, -0.1) is 0 Å². The molecule has 0 aromatic carbocycles. The molecule has 0 aromatic rings. The lowest BCUT2D eigenvalue weighted by atomic mass is 10.3. The first-order valence-corrected chi connectivity index (χ1v) is 3.10. The van der Waals surface area contributed by atoms with Crippen molar-refractivity contribution < 1.29 is 15.3 Å². The van der Waals surface area contributed by atoms with Crippen LogP contribution in [0.2, 0.25) is 0 Å². The molecule has 0 atom stereocenters. The van der Waals surface area contributed by atoms with E-state index in [1.54, 1.807) is 0 Å². The Kier molecular flexibility index (Phi) is 14.0. The van der Waals surface area contributed by atoms with E-state index < -0.39 is 0 Å². The van der Waals surface area contributed by atoms with Crippen LogP contribution in [0, 0.1) is 0 Å². The molecule has 0 radical (unpaired) electrons. The average molecular weight is 136 g/mol. The smallest absolute Gasteiger partial charge is 0.143 e. The molecule has 0 saturated carbocycles. The highest BCUT2D eigenvalue weighted by Crippen LogP contribution is 1.92. The molecule has 9 heavy (non-hydrogen) atoms. The SMILES string of the molecule is CCCCCOCO.O. The Hall–Kier alpha value is -0.120. The summed E-state index contributed by atoms with van der Waals surface area (Å²) in [7, 11) is 0. The first-order valence-electron chi connectivity index (χ1n) is 3.10. The summed E-state index contributed by atoms with van der Waals surface area (Å²) in [6, 6.07) is 0. The zero-order chi connectivity index (χ0) is 6.24. The molecule has 0 rings (SSSR count). The van der Waals surface area contributed by atoms with Gasteiger partial charge in [0.1, 0.15) is 6.79 Å². The number of aliphatic hydroxyl groups is 1. The van der Waals surface area contributed by atoms with Gasteiger partial charge >= 0.3 is 0 Å². The summed E-state index contributed by atoms with van der Waals surface area (Å²) < 4.78 is 4.69. The minimum atomic E-state index is -0.135. The van der Waals surface area contributed by atoms with Gasteiger partial charge in [-0.25, -0.2) is 0 Å². The molecular formula is C6H16O3. The van der Waals surface area contributed by atoms with E-state index in [2.05, 4.69) is 6.92 Å². The zero-order valence-corrected chi connectivity index (χ0v) is 5.89. The maximum Gasteiger partial charge on any atom is 0.143 e. The molecule has 3 heteroatoms. The summed E-state index contributed by atoms with van der Waals surface area (Å²) >= 11 is 0. The van der Waals surface area contributed by atoms with Gasteiger partial charge in [0, 0.05) is 6.61 Å². The number of unbranched alkanes of at least 4 members (excludes halogenated alkanes) is 2. The molecule has 0 aliphatic carbocycles. The normalized spacial score (nSPS) is 8.67. The Bertz CT molecular complexity index is 33.3. The summed E-state index contributed by atoms with van der Waals surface area (Å²) in [4.78, 5) is 0. The number of hydrogen-bond acceptors (Lipinski definition) is 2. The van der Waals surface area contributed by atoms with Crippen LogP contribution < -0.4 is 0 Å². The van der Waals surface area contributed by atoms with E-state index in [1.807, 2.05) is 0 Å². The van der Waals surface area contributed by atoms with Crippen molar-refractivity contribution in [2.75, 3.05) is 13.4 Å². The molecule has 0 bridgehead atoms. The lowest BCUT2D eigenvalue weighted by Gasteiger charge is -1.96. The van der Waals surface area contributed by atoms with Crippen molar-refractivity contribution in [3.05, 3.63) is 0 Å². The van der Waals surface area contributed by atoms with Crippen molar-refractivity contribution in [2.24, 2.45) is 0 Å². The van der Waals surface area contributed by atoms with Crippen molar-refractivity contribution >= 4 is 0 Å². The molecule has 0 fully saturated rings. The van der Waals surface area contributed by atoms with Gasteiger partial charge in [0.15, 0.2) is 0 Å². The fraction of sp³-hybridized carbons (Fsp3) is 1.00. The topological polar surface area (TPSA) is 61.0 Å². The maximum absolute atomic E-state index is 8.14. The molecule has 0 amide bonds. The first-order chi connectivity index (χ1) is 3.91. The number of hydrogen-bond donors (Lipinski definition) is 1. The predicted octanol–water partition coefficient (Wildman–Crippen LogP) is 0.318. The Morgan fingerprint density at radius 1 is 1.33 bits per heavy atom. The third-order valence-electron chi connectivity index (χ3n) is 0.984. The lowest BCUT2D eigenvalue weighted by molar-refractivity contribution is -0.00272. The van der Waals surface area contributed by atoms with Crippen LogP contribution >= 0.6 is 0 Å². The summed E-state index contributed by atoms with van der Waals surface area (Å²) in [6.07, 6.45) is 3.46. The fourth-order valence-corrected chi connectivity index (χ4v) is 0.519. The van der Waals surface area contributed by atoms with Crippen LogP contribution in [-0.2, 0) is 4.74 Å². The van der Waals surface area contributed by atoms with Crippen LogP contribution in [0.3, 0.4) is 0 Å². The van der Waals surface area contributed by atoms with Gasteiger partial charge in [-0.3, -0.25) is 0 Å². The van der Waals surface area contributed by atoms with Crippen molar-refractivity contribution in [3.63, 3.8) is 0 Å². The quantitative estimate of drug-likeness (QED) is 0.437. The molecule has 3 nitrogen and oxygen atoms in total. The number of ether oxygens (including phenoxy) is 1. The molecular weight excluding hydrogens is 120 g/mol. The van der Waals surface area contributed by atoms with Crippen molar-refractivity contribution in [1.29, 1.82) is 0 Å². The second-order valence-corrected chi connectivity index (χ2v) is 1.74. The Labute approximate surface area is 56.0 Å². The monoisotopic (exact) mass is 136 g/mol.